The number of nitrogens with one attached hydrogen (secondary N) is 1. The molecule has 0 atom stereocenters. The molecule has 0 fully saturated rings. The van der Waals surface area contributed by atoms with Crippen LogP contribution in [0.15, 0.2) is 12.1 Å². The quantitative estimate of drug-likeness (QED) is 0.390. The van der Waals surface area contributed by atoms with Crippen molar-refractivity contribution in [1.82, 2.24) is 0 Å². The number of nitro benzene ring substituents is 2. The predicted molar refractivity (Wildman–Crippen MR) is 64.3 cm³/mol. The molecule has 1 aromatic carbocycles. The molecule has 20 heavy (non-hydrogen) atoms. The van der Waals surface area contributed by atoms with Crippen molar-refractivity contribution in [2.75, 3.05) is 18.5 Å². The first-order valence-electron chi connectivity index (χ1n) is 5.41. The number of aromatic carboxylic acids is 1. The van der Waals surface area contributed by atoms with Crippen molar-refractivity contribution in [3.05, 3.63) is 37.9 Å². The Balaban J connectivity index is 3.39. The van der Waals surface area contributed by atoms with E-state index in [9.17, 15) is 30.1 Å². The van der Waals surface area contributed by atoms with E-state index in [2.05, 4.69) is 5.32 Å². The van der Waals surface area contributed by atoms with Gasteiger partial charge in [-0.25, -0.2) is 0 Å². The highest BCUT2D eigenvalue weighted by Gasteiger charge is 2.26. The third kappa shape index (κ3) is 3.38. The number of aliphatic hydroxyl groups is 1. The van der Waals surface area contributed by atoms with Crippen LogP contribution in [-0.2, 0) is 0 Å². The number of carboxylic acid groups (broad SMARTS) is 1. The van der Waals surface area contributed by atoms with E-state index < -0.39 is 38.4 Å². The highest BCUT2D eigenvalue weighted by Crippen LogP contribution is 2.35. The lowest BCUT2D eigenvalue weighted by Crippen LogP contribution is -2.22. The molecule has 0 aromatic heterocycles. The van der Waals surface area contributed by atoms with E-state index in [4.69, 9.17) is 5.11 Å². The lowest BCUT2D eigenvalue weighted by Gasteiger charge is -2.09. The Labute approximate surface area is 111 Å². The minimum absolute atomic E-state index is 0.0584. The van der Waals surface area contributed by atoms with E-state index in [1.807, 2.05) is 0 Å². The second-order valence-corrected chi connectivity index (χ2v) is 3.70. The van der Waals surface area contributed by atoms with E-state index in [-0.39, 0.29) is 19.6 Å². The molecule has 2 N–H and O–H groups in total. The topological polar surface area (TPSA) is 159 Å². The molecular weight excluding hydrogens is 274 g/mol. The number of carbonyl (C=O) groups excluding carboxylic acids is 1. The number of benzene rings is 1. The van der Waals surface area contributed by atoms with E-state index in [0.29, 0.717) is 12.1 Å². The van der Waals surface area contributed by atoms with Crippen LogP contribution in [0, 0.1) is 20.2 Å². The summed E-state index contributed by atoms with van der Waals surface area (Å²) in [4.78, 5) is 30.6. The van der Waals surface area contributed by atoms with Gasteiger partial charge in [0, 0.05) is 30.8 Å². The van der Waals surface area contributed by atoms with Crippen LogP contribution < -0.4 is 10.4 Å². The van der Waals surface area contributed by atoms with Crippen LogP contribution in [0.2, 0.25) is 0 Å². The second-order valence-electron chi connectivity index (χ2n) is 3.70. The van der Waals surface area contributed by atoms with Gasteiger partial charge in [0.25, 0.3) is 11.4 Å². The summed E-state index contributed by atoms with van der Waals surface area (Å²) in [6.45, 7) is -0.144. The molecule has 0 saturated carbocycles. The molecule has 0 heterocycles. The molecule has 0 unspecified atom stereocenters. The third-order valence-corrected chi connectivity index (χ3v) is 2.36. The monoisotopic (exact) mass is 284 g/mol. The van der Waals surface area contributed by atoms with Crippen molar-refractivity contribution in [2.45, 2.75) is 6.42 Å². The smallest absolute Gasteiger partial charge is 0.300 e. The van der Waals surface area contributed by atoms with Crippen molar-refractivity contribution in [1.29, 1.82) is 0 Å². The summed E-state index contributed by atoms with van der Waals surface area (Å²) in [7, 11) is 0. The summed E-state index contributed by atoms with van der Waals surface area (Å²) in [6, 6.07) is 1.37. The molecule has 0 aliphatic rings. The van der Waals surface area contributed by atoms with Gasteiger partial charge in [0.15, 0.2) is 5.69 Å². The fourth-order valence-electron chi connectivity index (χ4n) is 1.49. The molecule has 0 saturated heterocycles. The Morgan fingerprint density at radius 1 is 1.20 bits per heavy atom. The summed E-state index contributed by atoms with van der Waals surface area (Å²) >= 11 is 0. The van der Waals surface area contributed by atoms with Crippen molar-refractivity contribution in [3.8, 4) is 0 Å². The van der Waals surface area contributed by atoms with Crippen LogP contribution in [0.4, 0.5) is 17.1 Å². The SMILES string of the molecule is O=C([O-])c1cc([N+](=O)[O-])c(NCCCO)c([N+](=O)[O-])c1. The number of carboxylic acids is 1. The van der Waals surface area contributed by atoms with Crippen molar-refractivity contribution < 1.29 is 24.9 Å². The molecule has 0 spiro atoms. The van der Waals surface area contributed by atoms with Crippen molar-refractivity contribution >= 4 is 23.0 Å². The number of hydrogen-bond acceptors (Lipinski definition) is 8. The lowest BCUT2D eigenvalue weighted by atomic mass is 10.1. The Bertz CT molecular complexity index is 523. The minimum Gasteiger partial charge on any atom is -0.545 e. The predicted octanol–water partition coefficient (Wildman–Crippen LogP) is -0.339. The summed E-state index contributed by atoms with van der Waals surface area (Å²) in [5, 5.41) is 43.6. The number of carbonyl (C=O) groups is 1. The average Bonchev–Trinajstić information content (AvgIpc) is 2.37. The van der Waals surface area contributed by atoms with E-state index in [0.717, 1.165) is 0 Å². The van der Waals surface area contributed by atoms with E-state index in [1.165, 1.54) is 0 Å². The van der Waals surface area contributed by atoms with Crippen molar-refractivity contribution in [2.24, 2.45) is 0 Å². The highest BCUT2D eigenvalue weighted by molar-refractivity contribution is 5.91. The number of anilines is 1. The van der Waals surface area contributed by atoms with Crippen LogP contribution in [0.25, 0.3) is 0 Å². The molecule has 0 aliphatic carbocycles. The van der Waals surface area contributed by atoms with E-state index in [1.54, 1.807) is 0 Å². The molecule has 10 heteroatoms. The molecule has 1 rings (SSSR count). The van der Waals surface area contributed by atoms with Gasteiger partial charge in [-0.1, -0.05) is 0 Å². The lowest BCUT2D eigenvalue weighted by molar-refractivity contribution is -0.392. The first-order chi connectivity index (χ1) is 9.38. The molecule has 0 bridgehead atoms. The largest absolute Gasteiger partial charge is 0.545 e. The maximum absolute atomic E-state index is 10.9. The number of nitrogens with zero attached hydrogens (tertiary/aromatic N) is 2. The van der Waals surface area contributed by atoms with Gasteiger partial charge in [-0.05, 0) is 6.42 Å². The number of nitro groups is 2. The van der Waals surface area contributed by atoms with Gasteiger partial charge in [-0.3, -0.25) is 20.2 Å². The zero-order valence-electron chi connectivity index (χ0n) is 10.1. The number of hydrogen-bond donors (Lipinski definition) is 2. The molecule has 108 valence electrons. The molecule has 10 nitrogen and oxygen atoms in total. The van der Waals surface area contributed by atoms with Gasteiger partial charge >= 0.3 is 0 Å². The zero-order chi connectivity index (χ0) is 15.3. The van der Waals surface area contributed by atoms with Crippen LogP contribution >= 0.6 is 0 Å². The second kappa shape index (κ2) is 6.43. The Morgan fingerprint density at radius 3 is 2.05 bits per heavy atom. The zero-order valence-corrected chi connectivity index (χ0v) is 10.1. The van der Waals surface area contributed by atoms with Crippen LogP contribution in [-0.4, -0.2) is 34.1 Å². The highest BCUT2D eigenvalue weighted by atomic mass is 16.6. The molecule has 0 aliphatic heterocycles. The van der Waals surface area contributed by atoms with Gasteiger partial charge in [0.2, 0.25) is 0 Å². The summed E-state index contributed by atoms with van der Waals surface area (Å²) in [6.07, 6.45) is 0.219. The number of aliphatic hydroxyl groups excluding tert-OH is 1. The fraction of sp³-hybridized carbons (Fsp3) is 0.300. The van der Waals surface area contributed by atoms with Crippen LogP contribution in [0.3, 0.4) is 0 Å². The maximum Gasteiger partial charge on any atom is 0.300 e. The average molecular weight is 284 g/mol. The van der Waals surface area contributed by atoms with Crippen molar-refractivity contribution in [3.63, 3.8) is 0 Å². The summed E-state index contributed by atoms with van der Waals surface area (Å²) in [5.74, 6) is -1.75. The van der Waals surface area contributed by atoms with E-state index >= 15 is 0 Å². The van der Waals surface area contributed by atoms with Gasteiger partial charge in [0.05, 0.1) is 15.8 Å². The van der Waals surface area contributed by atoms with Gasteiger partial charge in [-0.2, -0.15) is 0 Å². The fourth-order valence-corrected chi connectivity index (χ4v) is 1.49. The molecule has 0 amide bonds. The third-order valence-electron chi connectivity index (χ3n) is 2.36. The Kier molecular flexibility index (Phi) is 4.92. The van der Waals surface area contributed by atoms with Gasteiger partial charge in [-0.15, -0.1) is 0 Å². The first-order valence-corrected chi connectivity index (χ1v) is 5.41. The molecule has 1 aromatic rings. The standard InChI is InChI=1S/C10H11N3O7/c14-3-1-2-11-9-7(12(17)18)4-6(10(15)16)5-8(9)13(19)20/h4-5,11,14H,1-3H2,(H,15,16)/p-1. The van der Waals surface area contributed by atoms with Crippen LogP contribution in [0.5, 0.6) is 0 Å². The molecule has 0 radical (unpaired) electrons. The first kappa shape index (κ1) is 15.3. The minimum atomic E-state index is -1.75. The summed E-state index contributed by atoms with van der Waals surface area (Å²) in [5.41, 5.74) is -2.54. The Morgan fingerprint density at radius 2 is 1.70 bits per heavy atom. The van der Waals surface area contributed by atoms with Gasteiger partial charge in [0.1, 0.15) is 0 Å². The molecular formula is C10H10N3O7-. The maximum atomic E-state index is 10.9. The summed E-state index contributed by atoms with van der Waals surface area (Å²) < 4.78 is 0. The van der Waals surface area contributed by atoms with Crippen LogP contribution in [0.1, 0.15) is 16.8 Å². The Hall–Kier alpha value is -2.75. The van der Waals surface area contributed by atoms with Gasteiger partial charge < -0.3 is 20.3 Å². The number of rotatable bonds is 7. The normalized spacial score (nSPS) is 10.1.